The number of benzene rings is 1. The molecule has 0 heterocycles. The van der Waals surface area contributed by atoms with E-state index in [0.717, 1.165) is 12.1 Å². The second-order valence-corrected chi connectivity index (χ2v) is 3.60. The van der Waals surface area contributed by atoms with E-state index in [1.807, 2.05) is 18.9 Å². The lowest BCUT2D eigenvalue weighted by Crippen LogP contribution is -2.24. The third-order valence-corrected chi connectivity index (χ3v) is 2.45. The van der Waals surface area contributed by atoms with Crippen molar-refractivity contribution in [3.05, 3.63) is 35.4 Å². The molecule has 0 radical (unpaired) electrons. The molecule has 1 N–H and O–H groups in total. The summed E-state index contributed by atoms with van der Waals surface area (Å²) in [5, 5.41) is 18.5. The quantitative estimate of drug-likeness (QED) is 0.809. The first-order valence-electron chi connectivity index (χ1n) is 5.04. The first-order chi connectivity index (χ1) is 7.17. The zero-order valence-electron chi connectivity index (χ0n) is 9.14. The van der Waals surface area contributed by atoms with Crippen molar-refractivity contribution in [2.24, 2.45) is 0 Å². The minimum Gasteiger partial charge on any atom is -0.387 e. The average molecular weight is 204 g/mol. The topological polar surface area (TPSA) is 47.3 Å². The molecule has 15 heavy (non-hydrogen) atoms. The van der Waals surface area contributed by atoms with Crippen LogP contribution in [0.4, 0.5) is 0 Å². The summed E-state index contributed by atoms with van der Waals surface area (Å²) in [5.74, 6) is 0. The molecule has 1 aromatic rings. The van der Waals surface area contributed by atoms with Gasteiger partial charge in [-0.3, -0.25) is 0 Å². The summed E-state index contributed by atoms with van der Waals surface area (Å²) in [4.78, 5) is 2.04. The summed E-state index contributed by atoms with van der Waals surface area (Å²) < 4.78 is 0. The Labute approximate surface area is 90.6 Å². The Morgan fingerprint density at radius 1 is 1.40 bits per heavy atom. The van der Waals surface area contributed by atoms with Crippen molar-refractivity contribution in [3.63, 3.8) is 0 Å². The van der Waals surface area contributed by atoms with Crippen LogP contribution in [0.5, 0.6) is 0 Å². The number of nitriles is 1. The molecule has 0 aliphatic rings. The summed E-state index contributed by atoms with van der Waals surface area (Å²) in [6, 6.07) is 9.10. The van der Waals surface area contributed by atoms with Gasteiger partial charge in [-0.2, -0.15) is 5.26 Å². The van der Waals surface area contributed by atoms with Gasteiger partial charge >= 0.3 is 0 Å². The smallest absolute Gasteiger partial charge is 0.0991 e. The van der Waals surface area contributed by atoms with Crippen molar-refractivity contribution in [1.82, 2.24) is 4.90 Å². The van der Waals surface area contributed by atoms with Crippen molar-refractivity contribution in [3.8, 4) is 6.07 Å². The Bertz CT molecular complexity index is 340. The van der Waals surface area contributed by atoms with Crippen LogP contribution in [0.15, 0.2) is 24.3 Å². The fourth-order valence-electron chi connectivity index (χ4n) is 1.31. The van der Waals surface area contributed by atoms with E-state index < -0.39 is 6.10 Å². The zero-order chi connectivity index (χ0) is 11.3. The van der Waals surface area contributed by atoms with Gasteiger partial charge in [0.2, 0.25) is 0 Å². The molecule has 1 aromatic carbocycles. The summed E-state index contributed by atoms with van der Waals surface area (Å²) >= 11 is 0. The van der Waals surface area contributed by atoms with Gasteiger partial charge in [0.15, 0.2) is 0 Å². The van der Waals surface area contributed by atoms with Crippen LogP contribution in [0.25, 0.3) is 0 Å². The molecule has 0 aliphatic heterocycles. The molecule has 0 spiro atoms. The molecule has 0 aromatic heterocycles. The summed E-state index contributed by atoms with van der Waals surface area (Å²) in [6.45, 7) is 3.57. The van der Waals surface area contributed by atoms with E-state index in [-0.39, 0.29) is 0 Å². The minimum absolute atomic E-state index is 0.484. The number of hydrogen-bond acceptors (Lipinski definition) is 3. The number of hydrogen-bond donors (Lipinski definition) is 1. The fraction of sp³-hybridized carbons (Fsp3) is 0.417. The van der Waals surface area contributed by atoms with Crippen LogP contribution in [-0.4, -0.2) is 30.1 Å². The first kappa shape index (κ1) is 11.7. The van der Waals surface area contributed by atoms with E-state index in [0.29, 0.717) is 12.1 Å². The predicted molar refractivity (Wildman–Crippen MR) is 59.3 cm³/mol. The van der Waals surface area contributed by atoms with Gasteiger partial charge in [0.25, 0.3) is 0 Å². The molecule has 0 amide bonds. The Morgan fingerprint density at radius 2 is 2.00 bits per heavy atom. The summed E-state index contributed by atoms with van der Waals surface area (Å²) in [7, 11) is 1.97. The monoisotopic (exact) mass is 204 g/mol. The van der Waals surface area contributed by atoms with Gasteiger partial charge < -0.3 is 10.0 Å². The highest BCUT2D eigenvalue weighted by molar-refractivity contribution is 5.32. The van der Waals surface area contributed by atoms with E-state index in [2.05, 4.69) is 6.07 Å². The van der Waals surface area contributed by atoms with Crippen LogP contribution >= 0.6 is 0 Å². The van der Waals surface area contributed by atoms with Gasteiger partial charge in [-0.25, -0.2) is 0 Å². The van der Waals surface area contributed by atoms with E-state index in [4.69, 9.17) is 5.26 Å². The van der Waals surface area contributed by atoms with Gasteiger partial charge in [-0.1, -0.05) is 19.1 Å². The Balaban J connectivity index is 2.66. The van der Waals surface area contributed by atoms with Gasteiger partial charge in [-0.05, 0) is 31.3 Å². The standard InChI is InChI=1S/C12H16N2O/c1-3-14(2)9-12(15)11-6-4-10(8-13)5-7-11/h4-7,12,15H,3,9H2,1-2H3. The zero-order valence-corrected chi connectivity index (χ0v) is 9.14. The lowest BCUT2D eigenvalue weighted by molar-refractivity contribution is 0.129. The van der Waals surface area contributed by atoms with Crippen LogP contribution in [0.3, 0.4) is 0 Å². The molecule has 1 atom stereocenters. The van der Waals surface area contributed by atoms with Crippen molar-refractivity contribution in [2.45, 2.75) is 13.0 Å². The molecular formula is C12H16N2O. The van der Waals surface area contributed by atoms with E-state index in [1.165, 1.54) is 0 Å². The normalized spacial score (nSPS) is 12.5. The molecule has 80 valence electrons. The number of nitrogens with zero attached hydrogens (tertiary/aromatic N) is 2. The molecule has 0 saturated carbocycles. The fourth-order valence-corrected chi connectivity index (χ4v) is 1.31. The van der Waals surface area contributed by atoms with Crippen molar-refractivity contribution in [2.75, 3.05) is 20.1 Å². The number of likely N-dealkylation sites (N-methyl/N-ethyl adjacent to an activating group) is 1. The first-order valence-corrected chi connectivity index (χ1v) is 5.04. The predicted octanol–water partition coefficient (Wildman–Crippen LogP) is 1.54. The summed E-state index contributed by atoms with van der Waals surface area (Å²) in [6.07, 6.45) is -0.484. The van der Waals surface area contributed by atoms with Crippen LogP contribution in [-0.2, 0) is 0 Å². The molecule has 0 saturated heterocycles. The number of aliphatic hydroxyl groups excluding tert-OH is 1. The SMILES string of the molecule is CCN(C)CC(O)c1ccc(C#N)cc1. The second kappa shape index (κ2) is 5.50. The Kier molecular flexibility index (Phi) is 4.29. The number of rotatable bonds is 4. The van der Waals surface area contributed by atoms with Gasteiger partial charge in [0.05, 0.1) is 17.7 Å². The summed E-state index contributed by atoms with van der Waals surface area (Å²) in [5.41, 5.74) is 1.48. The van der Waals surface area contributed by atoms with Gasteiger partial charge in [0.1, 0.15) is 0 Å². The highest BCUT2D eigenvalue weighted by Crippen LogP contribution is 2.14. The average Bonchev–Trinajstić information content (AvgIpc) is 2.29. The molecule has 0 fully saturated rings. The van der Waals surface area contributed by atoms with E-state index >= 15 is 0 Å². The third-order valence-electron chi connectivity index (χ3n) is 2.45. The lowest BCUT2D eigenvalue weighted by Gasteiger charge is -2.18. The molecule has 1 rings (SSSR count). The second-order valence-electron chi connectivity index (χ2n) is 3.60. The number of aliphatic hydroxyl groups is 1. The van der Waals surface area contributed by atoms with Crippen molar-refractivity contribution in [1.29, 1.82) is 5.26 Å². The van der Waals surface area contributed by atoms with E-state index in [1.54, 1.807) is 24.3 Å². The highest BCUT2D eigenvalue weighted by Gasteiger charge is 2.09. The lowest BCUT2D eigenvalue weighted by atomic mass is 10.1. The van der Waals surface area contributed by atoms with Crippen molar-refractivity contribution >= 4 is 0 Å². The molecular weight excluding hydrogens is 188 g/mol. The van der Waals surface area contributed by atoms with Crippen LogP contribution in [0.2, 0.25) is 0 Å². The van der Waals surface area contributed by atoms with Crippen LogP contribution in [0.1, 0.15) is 24.2 Å². The van der Waals surface area contributed by atoms with Crippen LogP contribution in [0, 0.1) is 11.3 Å². The molecule has 1 unspecified atom stereocenters. The van der Waals surface area contributed by atoms with Crippen LogP contribution < -0.4 is 0 Å². The Hall–Kier alpha value is -1.37. The van der Waals surface area contributed by atoms with Crippen molar-refractivity contribution < 1.29 is 5.11 Å². The minimum atomic E-state index is -0.484. The maximum atomic E-state index is 9.86. The van der Waals surface area contributed by atoms with Gasteiger partial charge in [0, 0.05) is 6.54 Å². The van der Waals surface area contributed by atoms with E-state index in [9.17, 15) is 5.11 Å². The molecule has 3 heteroatoms. The maximum Gasteiger partial charge on any atom is 0.0991 e. The molecule has 3 nitrogen and oxygen atoms in total. The third kappa shape index (κ3) is 3.35. The molecule has 0 aliphatic carbocycles. The Morgan fingerprint density at radius 3 is 2.47 bits per heavy atom. The van der Waals surface area contributed by atoms with Gasteiger partial charge in [-0.15, -0.1) is 0 Å². The largest absolute Gasteiger partial charge is 0.387 e. The molecule has 0 bridgehead atoms. The maximum absolute atomic E-state index is 9.86. The highest BCUT2D eigenvalue weighted by atomic mass is 16.3.